The van der Waals surface area contributed by atoms with E-state index in [0.29, 0.717) is 16.9 Å². The van der Waals surface area contributed by atoms with E-state index >= 15 is 0 Å². The van der Waals surface area contributed by atoms with Crippen molar-refractivity contribution in [2.45, 2.75) is 118 Å². The molecule has 3 fully saturated rings. The highest BCUT2D eigenvalue weighted by Gasteiger charge is 2.59. The average molecular weight is 443 g/mol. The first-order valence-electron chi connectivity index (χ1n) is 14.4. The van der Waals surface area contributed by atoms with Gasteiger partial charge in [0.15, 0.2) is 0 Å². The van der Waals surface area contributed by atoms with E-state index in [4.69, 9.17) is 5.73 Å². The molecule has 8 atom stereocenters. The Labute approximate surface area is 199 Å². The summed E-state index contributed by atoms with van der Waals surface area (Å²) >= 11 is 0. The van der Waals surface area contributed by atoms with Crippen molar-refractivity contribution >= 4 is 0 Å². The first-order valence-corrected chi connectivity index (χ1v) is 14.4. The predicted octanol–water partition coefficient (Wildman–Crippen LogP) is 7.33. The fourth-order valence-corrected chi connectivity index (χ4v) is 9.30. The van der Waals surface area contributed by atoms with Crippen LogP contribution in [0, 0.1) is 46.3 Å². The molecule has 0 aromatic carbocycles. The summed E-state index contributed by atoms with van der Waals surface area (Å²) in [4.78, 5) is 0. The topological polar surface area (TPSA) is 38.0 Å². The summed E-state index contributed by atoms with van der Waals surface area (Å²) in [5.41, 5.74) is 8.63. The Morgan fingerprint density at radius 1 is 0.969 bits per heavy atom. The molecule has 0 unspecified atom stereocenters. The number of hydrogen-bond donors (Lipinski definition) is 2. The summed E-state index contributed by atoms with van der Waals surface area (Å²) < 4.78 is 0. The van der Waals surface area contributed by atoms with Crippen LogP contribution in [0.3, 0.4) is 0 Å². The second-order valence-electron chi connectivity index (χ2n) is 13.3. The van der Waals surface area contributed by atoms with E-state index in [1.165, 1.54) is 70.6 Å². The van der Waals surface area contributed by atoms with Crippen molar-refractivity contribution in [1.82, 2.24) is 5.32 Å². The Morgan fingerprint density at radius 2 is 1.78 bits per heavy atom. The van der Waals surface area contributed by atoms with Crippen LogP contribution in [0.1, 0.15) is 112 Å². The largest absolute Gasteiger partial charge is 0.330 e. The molecule has 184 valence electrons. The minimum Gasteiger partial charge on any atom is -0.330 e. The third-order valence-corrected chi connectivity index (χ3v) is 11.1. The second-order valence-corrected chi connectivity index (χ2v) is 13.3. The van der Waals surface area contributed by atoms with Crippen LogP contribution in [0.4, 0.5) is 0 Å². The van der Waals surface area contributed by atoms with Crippen molar-refractivity contribution in [3.8, 4) is 0 Å². The SMILES string of the molecule is CC(C)CCC[C@@H](C)[C@H]1CC[C@H]2[C@@H]3CCC4=C[C@@H](NCCCN)CC[C@]4(C)[C@H]3CC[C@]12C. The number of nitrogens with two attached hydrogens (primary N) is 1. The first-order chi connectivity index (χ1) is 15.3. The molecule has 0 heterocycles. The highest BCUT2D eigenvalue weighted by Crippen LogP contribution is 2.67. The Balaban J connectivity index is 1.43. The number of allylic oxidation sites excluding steroid dienone is 1. The Kier molecular flexibility index (Phi) is 7.82. The van der Waals surface area contributed by atoms with E-state index in [1.807, 2.05) is 5.57 Å². The molecule has 32 heavy (non-hydrogen) atoms. The molecule has 0 amide bonds. The summed E-state index contributed by atoms with van der Waals surface area (Å²) in [6.07, 6.45) is 19.7. The van der Waals surface area contributed by atoms with E-state index in [1.54, 1.807) is 0 Å². The molecule has 0 aromatic heterocycles. The number of rotatable bonds is 9. The van der Waals surface area contributed by atoms with Crippen LogP contribution in [-0.4, -0.2) is 19.1 Å². The Bertz CT molecular complexity index is 653. The third kappa shape index (κ3) is 4.61. The fourth-order valence-electron chi connectivity index (χ4n) is 9.30. The Hall–Kier alpha value is -0.340. The maximum atomic E-state index is 5.71. The lowest BCUT2D eigenvalue weighted by molar-refractivity contribution is -0.0599. The van der Waals surface area contributed by atoms with Crippen LogP contribution in [0.25, 0.3) is 0 Å². The van der Waals surface area contributed by atoms with Gasteiger partial charge < -0.3 is 11.1 Å². The monoisotopic (exact) mass is 442 g/mol. The predicted molar refractivity (Wildman–Crippen MR) is 139 cm³/mol. The van der Waals surface area contributed by atoms with Crippen LogP contribution < -0.4 is 11.1 Å². The quantitative estimate of drug-likeness (QED) is 0.290. The van der Waals surface area contributed by atoms with Gasteiger partial charge in [-0.15, -0.1) is 0 Å². The molecule has 0 spiro atoms. The van der Waals surface area contributed by atoms with E-state index in [9.17, 15) is 0 Å². The lowest BCUT2D eigenvalue weighted by Crippen LogP contribution is -2.51. The van der Waals surface area contributed by atoms with Gasteiger partial charge in [-0.25, -0.2) is 0 Å². The molecule has 0 aromatic rings. The van der Waals surface area contributed by atoms with Gasteiger partial charge in [0.2, 0.25) is 0 Å². The first kappa shape index (κ1) is 24.8. The van der Waals surface area contributed by atoms with Crippen molar-refractivity contribution in [2.24, 2.45) is 52.1 Å². The zero-order valence-corrected chi connectivity index (χ0v) is 22.1. The van der Waals surface area contributed by atoms with Crippen LogP contribution in [0.2, 0.25) is 0 Å². The number of nitrogens with one attached hydrogen (secondary N) is 1. The maximum absolute atomic E-state index is 5.71. The van der Waals surface area contributed by atoms with Crippen LogP contribution in [0.15, 0.2) is 11.6 Å². The van der Waals surface area contributed by atoms with Gasteiger partial charge in [0, 0.05) is 6.04 Å². The number of fused-ring (bicyclic) bond motifs is 5. The van der Waals surface area contributed by atoms with Crippen molar-refractivity contribution < 1.29 is 0 Å². The smallest absolute Gasteiger partial charge is 0.0253 e. The molecule has 0 saturated heterocycles. The minimum absolute atomic E-state index is 0.483. The van der Waals surface area contributed by atoms with Gasteiger partial charge >= 0.3 is 0 Å². The molecule has 4 aliphatic rings. The zero-order valence-electron chi connectivity index (χ0n) is 22.1. The van der Waals surface area contributed by atoms with Crippen LogP contribution in [-0.2, 0) is 0 Å². The van der Waals surface area contributed by atoms with E-state index in [-0.39, 0.29) is 0 Å². The van der Waals surface area contributed by atoms with Gasteiger partial charge in [0.25, 0.3) is 0 Å². The molecule has 3 saturated carbocycles. The lowest BCUT2D eigenvalue weighted by Gasteiger charge is -2.59. The summed E-state index contributed by atoms with van der Waals surface area (Å²) in [6, 6.07) is 0.595. The molecule has 4 aliphatic carbocycles. The average Bonchev–Trinajstić information content (AvgIpc) is 3.11. The van der Waals surface area contributed by atoms with Crippen LogP contribution in [0.5, 0.6) is 0 Å². The molecule has 0 aliphatic heterocycles. The van der Waals surface area contributed by atoms with Gasteiger partial charge in [-0.3, -0.25) is 0 Å². The van der Waals surface area contributed by atoms with Gasteiger partial charge in [-0.05, 0) is 117 Å². The summed E-state index contributed by atoms with van der Waals surface area (Å²) in [5, 5.41) is 3.77. The standard InChI is InChI=1S/C30H54N2/c1-21(2)8-6-9-22(3)26-12-13-27-25-11-10-23-20-24(32-19-7-18-31)14-16-29(23,4)28(25)15-17-30(26,27)5/h20-22,24-28,32H,6-19,31H2,1-5H3/t22-,24+,25+,26-,27+,28+,29+,30-/m1/s1. The fraction of sp³-hybridized carbons (Fsp3) is 0.933. The Morgan fingerprint density at radius 3 is 2.53 bits per heavy atom. The summed E-state index contributed by atoms with van der Waals surface area (Å²) in [5.74, 6) is 5.70. The molecule has 2 nitrogen and oxygen atoms in total. The molecular formula is C30H54N2. The molecule has 4 rings (SSSR count). The highest BCUT2D eigenvalue weighted by molar-refractivity contribution is 5.26. The molecule has 2 heteroatoms. The summed E-state index contributed by atoms with van der Waals surface area (Å²) in [6.45, 7) is 14.6. The molecule has 0 bridgehead atoms. The molecule has 3 N–H and O–H groups in total. The van der Waals surface area contributed by atoms with E-state index in [2.05, 4.69) is 46.0 Å². The maximum Gasteiger partial charge on any atom is 0.0253 e. The normalized spacial score (nSPS) is 42.2. The van der Waals surface area contributed by atoms with Crippen molar-refractivity contribution in [1.29, 1.82) is 0 Å². The lowest BCUT2D eigenvalue weighted by atomic mass is 9.46. The van der Waals surface area contributed by atoms with Crippen molar-refractivity contribution in [3.63, 3.8) is 0 Å². The number of hydrogen-bond acceptors (Lipinski definition) is 2. The van der Waals surface area contributed by atoms with Crippen molar-refractivity contribution in [2.75, 3.05) is 13.1 Å². The molecular weight excluding hydrogens is 388 g/mol. The minimum atomic E-state index is 0.483. The van der Waals surface area contributed by atoms with Crippen LogP contribution >= 0.6 is 0 Å². The van der Waals surface area contributed by atoms with Gasteiger partial charge in [0.1, 0.15) is 0 Å². The van der Waals surface area contributed by atoms with E-state index in [0.717, 1.165) is 55.0 Å². The third-order valence-electron chi connectivity index (χ3n) is 11.1. The van der Waals surface area contributed by atoms with Crippen molar-refractivity contribution in [3.05, 3.63) is 11.6 Å². The highest BCUT2D eigenvalue weighted by atomic mass is 14.9. The van der Waals surface area contributed by atoms with Gasteiger partial charge in [-0.1, -0.05) is 65.5 Å². The van der Waals surface area contributed by atoms with Gasteiger partial charge in [-0.2, -0.15) is 0 Å². The summed E-state index contributed by atoms with van der Waals surface area (Å²) in [7, 11) is 0. The second kappa shape index (κ2) is 10.1. The zero-order chi connectivity index (χ0) is 22.9. The van der Waals surface area contributed by atoms with E-state index < -0.39 is 0 Å². The molecule has 0 radical (unpaired) electrons. The van der Waals surface area contributed by atoms with Gasteiger partial charge in [0.05, 0.1) is 0 Å².